The molecule has 0 aliphatic carbocycles. The number of aliphatic hydroxyl groups is 1. The molecule has 0 bridgehead atoms. The lowest BCUT2D eigenvalue weighted by molar-refractivity contribution is -0.322. The van der Waals surface area contributed by atoms with Crippen molar-refractivity contribution in [1.82, 2.24) is 0 Å². The van der Waals surface area contributed by atoms with E-state index < -0.39 is 59.6 Å². The van der Waals surface area contributed by atoms with Crippen molar-refractivity contribution in [2.45, 2.75) is 70.2 Å². The van der Waals surface area contributed by atoms with Gasteiger partial charge in [-0.3, -0.25) is 4.18 Å². The van der Waals surface area contributed by atoms with Gasteiger partial charge >= 0.3 is 0 Å². The fourth-order valence-electron chi connectivity index (χ4n) is 2.90. The number of aliphatic carboxylic acids is 1. The maximum absolute atomic E-state index is 11.3. The molecule has 172 valence electrons. The van der Waals surface area contributed by atoms with Crippen molar-refractivity contribution in [2.24, 2.45) is 5.92 Å². The van der Waals surface area contributed by atoms with E-state index >= 15 is 0 Å². The van der Waals surface area contributed by atoms with Crippen molar-refractivity contribution in [3.63, 3.8) is 0 Å². The Bertz CT molecular complexity index is 596. The summed E-state index contributed by atoms with van der Waals surface area (Å²) in [7, 11) is -3.54. The summed E-state index contributed by atoms with van der Waals surface area (Å²) >= 11 is 0. The maximum atomic E-state index is 11.3. The third-order valence-corrected chi connectivity index (χ3v) is 5.24. The van der Waals surface area contributed by atoms with E-state index in [1.807, 2.05) is 6.92 Å². The Kier molecular flexibility index (Phi) is 10.9. The molecule has 0 radical (unpaired) electrons. The van der Waals surface area contributed by atoms with E-state index in [9.17, 15) is 28.0 Å². The minimum atomic E-state index is -4.91. The molecule has 0 saturated carbocycles. The van der Waals surface area contributed by atoms with Crippen LogP contribution < -0.4 is 5.11 Å². The first-order chi connectivity index (χ1) is 13.5. The van der Waals surface area contributed by atoms with E-state index in [1.165, 1.54) is 7.11 Å². The molecular formula is C17H30O11S-2. The third-order valence-electron chi connectivity index (χ3n) is 4.81. The van der Waals surface area contributed by atoms with Crippen molar-refractivity contribution in [1.29, 1.82) is 0 Å². The first kappa shape index (κ1) is 26.2. The van der Waals surface area contributed by atoms with Crippen LogP contribution in [0, 0.1) is 5.92 Å². The number of aliphatic hydroxyl groups excluding tert-OH is 1. The minimum Gasteiger partial charge on any atom is -0.726 e. The fraction of sp³-hybridized carbons (Fsp3) is 0.941. The van der Waals surface area contributed by atoms with Crippen LogP contribution in [0.1, 0.15) is 33.6 Å². The molecule has 11 nitrogen and oxygen atoms in total. The number of carboxylic acids is 1. The van der Waals surface area contributed by atoms with Crippen molar-refractivity contribution >= 4 is 16.4 Å². The molecule has 7 atom stereocenters. The van der Waals surface area contributed by atoms with Crippen LogP contribution in [0.25, 0.3) is 0 Å². The predicted molar refractivity (Wildman–Crippen MR) is 95.3 cm³/mol. The molecule has 0 amide bonds. The molecule has 12 heteroatoms. The Morgan fingerprint density at radius 1 is 1.38 bits per heavy atom. The molecule has 0 aromatic heterocycles. The highest BCUT2D eigenvalue weighted by Crippen LogP contribution is 2.24. The summed E-state index contributed by atoms with van der Waals surface area (Å²) in [6.45, 7) is 4.73. The molecule has 0 aromatic carbocycles. The fourth-order valence-corrected chi connectivity index (χ4v) is 3.21. The minimum absolute atomic E-state index is 0.0675. The van der Waals surface area contributed by atoms with E-state index in [0.29, 0.717) is 12.8 Å². The van der Waals surface area contributed by atoms with Gasteiger partial charge in [-0.25, -0.2) is 8.42 Å². The first-order valence-electron chi connectivity index (χ1n) is 9.40. The summed E-state index contributed by atoms with van der Waals surface area (Å²) in [5.41, 5.74) is 0. The van der Waals surface area contributed by atoms with Gasteiger partial charge in [0.05, 0.1) is 37.5 Å². The highest BCUT2D eigenvalue weighted by molar-refractivity contribution is 7.80. The number of carbonyl (C=O) groups is 1. The van der Waals surface area contributed by atoms with Crippen LogP contribution in [0.4, 0.5) is 0 Å². The molecule has 7 unspecified atom stereocenters. The van der Waals surface area contributed by atoms with E-state index in [-0.39, 0.29) is 19.1 Å². The van der Waals surface area contributed by atoms with Crippen molar-refractivity contribution in [2.75, 3.05) is 26.9 Å². The summed E-state index contributed by atoms with van der Waals surface area (Å²) in [6.07, 6.45) is -4.49. The molecule has 1 N–H and O–H groups in total. The Hall–Kier alpha value is -0.860. The van der Waals surface area contributed by atoms with E-state index in [4.69, 9.17) is 18.9 Å². The van der Waals surface area contributed by atoms with Crippen LogP contribution in [0.5, 0.6) is 0 Å². The lowest BCUT2D eigenvalue weighted by Crippen LogP contribution is -2.52. The highest BCUT2D eigenvalue weighted by atomic mass is 32.3. The first-order valence-corrected chi connectivity index (χ1v) is 10.7. The number of methoxy groups -OCH3 is 1. The van der Waals surface area contributed by atoms with Crippen LogP contribution in [0.15, 0.2) is 0 Å². The number of carbonyl (C=O) groups excluding carboxylic acids is 1. The molecule has 1 rings (SSSR count). The number of hydrogen-bond acceptors (Lipinski definition) is 11. The molecule has 1 saturated heterocycles. The number of ether oxygens (including phenoxy) is 4. The number of rotatable bonds is 13. The monoisotopic (exact) mass is 442 g/mol. The van der Waals surface area contributed by atoms with Crippen LogP contribution in [0.3, 0.4) is 0 Å². The SMILES string of the molecule is CCC(CCOC1C(COS(=O)(=O)[O-])OCC(C)C1O)OC(C(=O)[O-])C(C)OC. The van der Waals surface area contributed by atoms with Gasteiger partial charge in [0.25, 0.3) is 0 Å². The van der Waals surface area contributed by atoms with Crippen LogP contribution in [-0.2, 0) is 38.3 Å². The van der Waals surface area contributed by atoms with E-state index in [2.05, 4.69) is 4.18 Å². The average Bonchev–Trinajstić information content (AvgIpc) is 2.65. The zero-order valence-corrected chi connectivity index (χ0v) is 17.8. The maximum Gasteiger partial charge on any atom is 0.217 e. The van der Waals surface area contributed by atoms with Gasteiger partial charge in [0.1, 0.15) is 18.3 Å². The quantitative estimate of drug-likeness (QED) is 0.263. The molecule has 1 heterocycles. The van der Waals surface area contributed by atoms with Crippen LogP contribution >= 0.6 is 0 Å². The second-order valence-electron chi connectivity index (χ2n) is 7.00. The van der Waals surface area contributed by atoms with E-state index in [0.717, 1.165) is 0 Å². The number of carboxylic acid groups (broad SMARTS) is 1. The van der Waals surface area contributed by atoms with Crippen LogP contribution in [0.2, 0.25) is 0 Å². The molecule has 0 spiro atoms. The van der Waals surface area contributed by atoms with Gasteiger partial charge in [-0.15, -0.1) is 0 Å². The lowest BCUT2D eigenvalue weighted by Gasteiger charge is -2.39. The second kappa shape index (κ2) is 12.1. The molecular weight excluding hydrogens is 412 g/mol. The summed E-state index contributed by atoms with van der Waals surface area (Å²) in [5, 5.41) is 21.6. The zero-order chi connectivity index (χ0) is 22.2. The average molecular weight is 442 g/mol. The highest BCUT2D eigenvalue weighted by Gasteiger charge is 2.39. The van der Waals surface area contributed by atoms with Gasteiger partial charge in [-0.05, 0) is 19.8 Å². The smallest absolute Gasteiger partial charge is 0.217 e. The Morgan fingerprint density at radius 2 is 2.03 bits per heavy atom. The molecule has 1 aliphatic heterocycles. The third kappa shape index (κ3) is 8.80. The largest absolute Gasteiger partial charge is 0.726 e. The molecule has 1 aliphatic rings. The summed E-state index contributed by atoms with van der Waals surface area (Å²) in [4.78, 5) is 11.3. The predicted octanol–water partition coefficient (Wildman–Crippen LogP) is -1.42. The van der Waals surface area contributed by atoms with Gasteiger partial charge in [0.15, 0.2) is 0 Å². The van der Waals surface area contributed by atoms with Gasteiger partial charge < -0.3 is 38.5 Å². The Labute approximate surface area is 171 Å². The summed E-state index contributed by atoms with van der Waals surface area (Å²) in [5.74, 6) is -1.66. The van der Waals surface area contributed by atoms with Crippen molar-refractivity contribution in [3.8, 4) is 0 Å². The van der Waals surface area contributed by atoms with Crippen molar-refractivity contribution < 1.29 is 51.1 Å². The summed E-state index contributed by atoms with van der Waals surface area (Å²) < 4.78 is 58.0. The van der Waals surface area contributed by atoms with Crippen molar-refractivity contribution in [3.05, 3.63) is 0 Å². The van der Waals surface area contributed by atoms with Gasteiger partial charge in [-0.2, -0.15) is 0 Å². The number of hydrogen-bond donors (Lipinski definition) is 1. The normalized spacial score (nSPS) is 28.6. The second-order valence-corrected chi connectivity index (χ2v) is 8.06. The molecule has 29 heavy (non-hydrogen) atoms. The lowest BCUT2D eigenvalue weighted by atomic mass is 9.94. The van der Waals surface area contributed by atoms with Gasteiger partial charge in [-0.1, -0.05) is 13.8 Å². The summed E-state index contributed by atoms with van der Waals surface area (Å²) in [6, 6.07) is 0. The molecule has 0 aromatic rings. The zero-order valence-electron chi connectivity index (χ0n) is 17.0. The van der Waals surface area contributed by atoms with E-state index in [1.54, 1.807) is 13.8 Å². The van der Waals surface area contributed by atoms with Crippen LogP contribution in [-0.4, -0.2) is 87.6 Å². The molecule has 1 fully saturated rings. The topological polar surface area (TPSA) is 164 Å². The Balaban J connectivity index is 2.66. The van der Waals surface area contributed by atoms with Gasteiger partial charge in [0.2, 0.25) is 10.4 Å². The Morgan fingerprint density at radius 3 is 2.55 bits per heavy atom. The van der Waals surface area contributed by atoms with Gasteiger partial charge in [0, 0.05) is 19.6 Å². The standard InChI is InChI=1S/C17H32O11S/c1-5-12(28-15(17(19)20)11(3)24-4)6-7-25-16-13(9-27-29(21,22)23)26-8-10(2)14(16)18/h10-16,18H,5-9H2,1-4H3,(H,19,20)(H,21,22,23)/p-2.